The average molecular weight is 494 g/mol. The van der Waals surface area contributed by atoms with Gasteiger partial charge in [-0.2, -0.15) is 4.98 Å². The Morgan fingerprint density at radius 1 is 1.09 bits per heavy atom. The molecule has 0 radical (unpaired) electrons. The number of hydrogen-bond acceptors (Lipinski definition) is 6. The molecule has 2 aromatic carbocycles. The fourth-order valence-corrected chi connectivity index (χ4v) is 5.33. The summed E-state index contributed by atoms with van der Waals surface area (Å²) in [5, 5.41) is 4.91. The third-order valence-corrected chi connectivity index (χ3v) is 7.30. The van der Waals surface area contributed by atoms with Crippen molar-refractivity contribution in [3.05, 3.63) is 64.5 Å². The van der Waals surface area contributed by atoms with Crippen LogP contribution in [0.3, 0.4) is 0 Å². The Kier molecular flexibility index (Phi) is 7.07. The molecular formula is C27H32ClN5O2. The van der Waals surface area contributed by atoms with E-state index in [0.717, 1.165) is 73.9 Å². The van der Waals surface area contributed by atoms with Gasteiger partial charge < -0.3 is 14.3 Å². The van der Waals surface area contributed by atoms with E-state index in [9.17, 15) is 4.79 Å². The average Bonchev–Trinajstić information content (AvgIpc) is 3.34. The SMILES string of the molecule is Cc1cccc(-c2noc(CN3CCCC(C(=O)N4CCN(c5cc(Cl)ccc5C)CC4)C3)n2)c1. The number of carbonyl (C=O) groups is 1. The van der Waals surface area contributed by atoms with Gasteiger partial charge in [-0.15, -0.1) is 0 Å². The van der Waals surface area contributed by atoms with Gasteiger partial charge in [-0.25, -0.2) is 0 Å². The van der Waals surface area contributed by atoms with Crippen molar-refractivity contribution in [1.82, 2.24) is 19.9 Å². The molecule has 2 aliphatic heterocycles. The summed E-state index contributed by atoms with van der Waals surface area (Å²) in [6, 6.07) is 14.1. The van der Waals surface area contributed by atoms with Crippen LogP contribution in [0, 0.1) is 19.8 Å². The highest BCUT2D eigenvalue weighted by Crippen LogP contribution is 2.27. The van der Waals surface area contributed by atoms with Crippen LogP contribution in [0.4, 0.5) is 5.69 Å². The molecule has 2 saturated heterocycles. The summed E-state index contributed by atoms with van der Waals surface area (Å²) in [7, 11) is 0. The molecule has 2 fully saturated rings. The molecule has 0 aliphatic carbocycles. The second-order valence-electron chi connectivity index (χ2n) is 9.70. The van der Waals surface area contributed by atoms with Gasteiger partial charge in [0.15, 0.2) is 0 Å². The number of piperazine rings is 1. The highest BCUT2D eigenvalue weighted by molar-refractivity contribution is 6.30. The molecule has 7 nitrogen and oxygen atoms in total. The van der Waals surface area contributed by atoms with Crippen LogP contribution < -0.4 is 4.90 Å². The highest BCUT2D eigenvalue weighted by Gasteiger charge is 2.32. The minimum Gasteiger partial charge on any atom is -0.368 e. The van der Waals surface area contributed by atoms with Crippen LogP contribution >= 0.6 is 11.6 Å². The Morgan fingerprint density at radius 3 is 2.71 bits per heavy atom. The molecule has 0 N–H and O–H groups in total. The predicted molar refractivity (Wildman–Crippen MR) is 137 cm³/mol. The lowest BCUT2D eigenvalue weighted by Gasteiger charge is -2.40. The van der Waals surface area contributed by atoms with Crippen molar-refractivity contribution in [2.75, 3.05) is 44.2 Å². The van der Waals surface area contributed by atoms with E-state index in [0.29, 0.717) is 18.3 Å². The molecule has 8 heteroatoms. The lowest BCUT2D eigenvalue weighted by Crippen LogP contribution is -2.52. The fraction of sp³-hybridized carbons (Fsp3) is 0.444. The summed E-state index contributed by atoms with van der Waals surface area (Å²) >= 11 is 6.22. The second kappa shape index (κ2) is 10.4. The van der Waals surface area contributed by atoms with Crippen molar-refractivity contribution in [2.45, 2.75) is 33.2 Å². The molecule has 35 heavy (non-hydrogen) atoms. The van der Waals surface area contributed by atoms with Crippen LogP contribution in [0.1, 0.15) is 29.9 Å². The molecule has 0 saturated carbocycles. The molecule has 1 unspecified atom stereocenters. The van der Waals surface area contributed by atoms with E-state index in [1.165, 1.54) is 5.56 Å². The van der Waals surface area contributed by atoms with Gasteiger partial charge in [-0.1, -0.05) is 46.6 Å². The molecular weight excluding hydrogens is 462 g/mol. The number of benzene rings is 2. The lowest BCUT2D eigenvalue weighted by atomic mass is 9.96. The van der Waals surface area contributed by atoms with Crippen LogP contribution in [0.2, 0.25) is 5.02 Å². The number of rotatable bonds is 5. The first-order valence-corrected chi connectivity index (χ1v) is 12.8. The predicted octanol–water partition coefficient (Wildman–Crippen LogP) is 4.57. The zero-order valence-electron chi connectivity index (χ0n) is 20.4. The van der Waals surface area contributed by atoms with Crippen LogP contribution in [0.5, 0.6) is 0 Å². The molecule has 184 valence electrons. The Balaban J connectivity index is 1.16. The molecule has 3 aromatic rings. The zero-order valence-corrected chi connectivity index (χ0v) is 21.2. The van der Waals surface area contributed by atoms with Gasteiger partial charge in [-0.3, -0.25) is 9.69 Å². The van der Waals surface area contributed by atoms with Crippen molar-refractivity contribution in [3.8, 4) is 11.4 Å². The molecule has 3 heterocycles. The standard InChI is InChI=1S/C27H32ClN5O2/c1-19-5-3-6-21(15-19)26-29-25(35-30-26)18-31-10-4-7-22(17-31)27(34)33-13-11-32(12-14-33)24-16-23(28)9-8-20(24)2/h3,5-6,8-9,15-16,22H,4,7,10-14,17-18H2,1-2H3. The van der Waals surface area contributed by atoms with Crippen molar-refractivity contribution in [3.63, 3.8) is 0 Å². The zero-order chi connectivity index (χ0) is 24.4. The minimum atomic E-state index is 0.0161. The smallest absolute Gasteiger partial charge is 0.241 e. The first kappa shape index (κ1) is 23.8. The van der Waals surface area contributed by atoms with Crippen LogP contribution in [0.15, 0.2) is 47.0 Å². The van der Waals surface area contributed by atoms with Gasteiger partial charge in [0.25, 0.3) is 0 Å². The maximum absolute atomic E-state index is 13.3. The molecule has 1 amide bonds. The number of anilines is 1. The van der Waals surface area contributed by atoms with Gasteiger partial charge in [0.2, 0.25) is 17.6 Å². The van der Waals surface area contributed by atoms with Crippen molar-refractivity contribution in [1.29, 1.82) is 0 Å². The summed E-state index contributed by atoms with van der Waals surface area (Å²) in [5.74, 6) is 1.49. The van der Waals surface area contributed by atoms with Crippen LogP contribution in [-0.2, 0) is 11.3 Å². The third-order valence-electron chi connectivity index (χ3n) is 7.06. The number of carbonyl (C=O) groups excluding carboxylic acids is 1. The Bertz CT molecular complexity index is 1190. The van der Waals surface area contributed by atoms with E-state index >= 15 is 0 Å². The highest BCUT2D eigenvalue weighted by atomic mass is 35.5. The van der Waals surface area contributed by atoms with Crippen LogP contribution in [-0.4, -0.2) is 65.1 Å². The van der Waals surface area contributed by atoms with Gasteiger partial charge in [0.05, 0.1) is 12.5 Å². The first-order valence-electron chi connectivity index (χ1n) is 12.4. The number of aromatic nitrogens is 2. The van der Waals surface area contributed by atoms with E-state index in [2.05, 4.69) is 39.0 Å². The molecule has 2 aliphatic rings. The normalized spacial score (nSPS) is 19.2. The lowest BCUT2D eigenvalue weighted by molar-refractivity contribution is -0.137. The summed E-state index contributed by atoms with van der Waals surface area (Å²) in [4.78, 5) is 24.6. The maximum Gasteiger partial charge on any atom is 0.241 e. The molecule has 1 aromatic heterocycles. The van der Waals surface area contributed by atoms with Crippen molar-refractivity contribution < 1.29 is 9.32 Å². The number of halogens is 1. The molecule has 1 atom stereocenters. The number of hydrogen-bond donors (Lipinski definition) is 0. The summed E-state index contributed by atoms with van der Waals surface area (Å²) in [6.45, 7) is 9.53. The van der Waals surface area contributed by atoms with E-state index < -0.39 is 0 Å². The van der Waals surface area contributed by atoms with Gasteiger partial charge in [0.1, 0.15) is 0 Å². The Labute approximate surface area is 211 Å². The van der Waals surface area contributed by atoms with Crippen molar-refractivity contribution in [2.24, 2.45) is 5.92 Å². The monoisotopic (exact) mass is 493 g/mol. The van der Waals surface area contributed by atoms with Gasteiger partial charge in [0, 0.05) is 49.0 Å². The summed E-state index contributed by atoms with van der Waals surface area (Å²) in [6.07, 6.45) is 1.93. The van der Waals surface area contributed by atoms with Crippen molar-refractivity contribution >= 4 is 23.2 Å². The first-order chi connectivity index (χ1) is 17.0. The largest absolute Gasteiger partial charge is 0.368 e. The Hall–Kier alpha value is -2.90. The second-order valence-corrected chi connectivity index (χ2v) is 10.1. The number of piperidine rings is 1. The van der Waals surface area contributed by atoms with E-state index in [-0.39, 0.29) is 11.8 Å². The summed E-state index contributed by atoms with van der Waals surface area (Å²) < 4.78 is 5.53. The third kappa shape index (κ3) is 5.52. The molecule has 0 spiro atoms. The maximum atomic E-state index is 13.3. The number of aryl methyl sites for hydroxylation is 2. The number of amides is 1. The Morgan fingerprint density at radius 2 is 1.91 bits per heavy atom. The minimum absolute atomic E-state index is 0.0161. The quantitative estimate of drug-likeness (QED) is 0.519. The molecule has 0 bridgehead atoms. The molecule has 5 rings (SSSR count). The number of likely N-dealkylation sites (tertiary alicyclic amines) is 1. The fourth-order valence-electron chi connectivity index (χ4n) is 5.16. The van der Waals surface area contributed by atoms with Crippen LogP contribution in [0.25, 0.3) is 11.4 Å². The van der Waals surface area contributed by atoms with E-state index in [4.69, 9.17) is 16.1 Å². The topological polar surface area (TPSA) is 65.7 Å². The summed E-state index contributed by atoms with van der Waals surface area (Å²) in [5.41, 5.74) is 4.50. The van der Waals surface area contributed by atoms with E-state index in [1.807, 2.05) is 42.2 Å². The number of nitrogens with zero attached hydrogens (tertiary/aromatic N) is 5. The van der Waals surface area contributed by atoms with E-state index in [1.54, 1.807) is 0 Å². The van der Waals surface area contributed by atoms with Gasteiger partial charge >= 0.3 is 0 Å². The van der Waals surface area contributed by atoms with Gasteiger partial charge in [-0.05, 0) is 57.0 Å².